The van der Waals surface area contributed by atoms with Crippen LogP contribution in [0.5, 0.6) is 0 Å². The van der Waals surface area contributed by atoms with Crippen LogP contribution >= 0.6 is 11.3 Å². The van der Waals surface area contributed by atoms with E-state index in [1.54, 1.807) is 11.3 Å². The molecule has 0 spiro atoms. The monoisotopic (exact) mass is 269 g/mol. The number of rotatable bonds is 5. The second-order valence-corrected chi connectivity index (χ2v) is 5.90. The van der Waals surface area contributed by atoms with E-state index in [0.29, 0.717) is 5.92 Å². The van der Waals surface area contributed by atoms with Crippen LogP contribution in [0.4, 0.5) is 0 Å². The molecule has 1 aromatic heterocycles. The van der Waals surface area contributed by atoms with Gasteiger partial charge in [-0.05, 0) is 18.8 Å². The van der Waals surface area contributed by atoms with Crippen LogP contribution in [0.3, 0.4) is 0 Å². The standard InChI is InChI=1S/C13H19NO3S/c1-9(7-13(15)16)6-12-14-11(8-18-12)10-2-4-17-5-3-10/h8-10H,2-7H2,1H3,(H,15,16). The van der Waals surface area contributed by atoms with Crippen LogP contribution in [0.25, 0.3) is 0 Å². The second kappa shape index (κ2) is 6.29. The lowest BCUT2D eigenvalue weighted by atomic mass is 9.97. The lowest BCUT2D eigenvalue weighted by Crippen LogP contribution is -2.14. The minimum atomic E-state index is -0.733. The molecule has 5 heteroatoms. The molecule has 1 fully saturated rings. The number of carbonyl (C=O) groups is 1. The molecular weight excluding hydrogens is 250 g/mol. The largest absolute Gasteiger partial charge is 0.481 e. The van der Waals surface area contributed by atoms with E-state index in [9.17, 15) is 4.79 Å². The molecule has 1 aliphatic heterocycles. The van der Waals surface area contributed by atoms with E-state index in [1.807, 2.05) is 6.92 Å². The van der Waals surface area contributed by atoms with Crippen LogP contribution in [0.15, 0.2) is 5.38 Å². The predicted octanol–water partition coefficient (Wildman–Crippen LogP) is 2.69. The number of aliphatic carboxylic acids is 1. The first-order valence-corrected chi connectivity index (χ1v) is 7.27. The highest BCUT2D eigenvalue weighted by molar-refractivity contribution is 7.09. The summed E-state index contributed by atoms with van der Waals surface area (Å²) in [6, 6.07) is 0. The maximum atomic E-state index is 10.6. The van der Waals surface area contributed by atoms with Gasteiger partial charge < -0.3 is 9.84 Å². The number of thiazole rings is 1. The number of nitrogens with zero attached hydrogens (tertiary/aromatic N) is 1. The quantitative estimate of drug-likeness (QED) is 0.892. The Morgan fingerprint density at radius 2 is 2.33 bits per heavy atom. The van der Waals surface area contributed by atoms with Crippen molar-refractivity contribution in [2.24, 2.45) is 5.92 Å². The Labute approximate surface area is 111 Å². The normalized spacial score (nSPS) is 18.7. The van der Waals surface area contributed by atoms with Crippen molar-refractivity contribution in [3.8, 4) is 0 Å². The maximum absolute atomic E-state index is 10.6. The van der Waals surface area contributed by atoms with E-state index in [1.165, 1.54) is 5.69 Å². The summed E-state index contributed by atoms with van der Waals surface area (Å²) in [7, 11) is 0. The third-order valence-electron chi connectivity index (χ3n) is 3.26. The smallest absolute Gasteiger partial charge is 0.303 e. The molecule has 0 saturated carbocycles. The van der Waals surface area contributed by atoms with Crippen molar-refractivity contribution in [1.82, 2.24) is 4.98 Å². The minimum Gasteiger partial charge on any atom is -0.481 e. The Kier molecular flexibility index (Phi) is 4.72. The molecule has 1 aromatic rings. The zero-order valence-electron chi connectivity index (χ0n) is 10.6. The summed E-state index contributed by atoms with van der Waals surface area (Å²) in [4.78, 5) is 15.3. The molecule has 1 aliphatic rings. The van der Waals surface area contributed by atoms with Gasteiger partial charge in [0.15, 0.2) is 0 Å². The van der Waals surface area contributed by atoms with Crippen LogP contribution in [-0.2, 0) is 16.0 Å². The number of hydrogen-bond donors (Lipinski definition) is 1. The molecule has 18 heavy (non-hydrogen) atoms. The van der Waals surface area contributed by atoms with Crippen molar-refractivity contribution < 1.29 is 14.6 Å². The fourth-order valence-corrected chi connectivity index (χ4v) is 3.31. The average molecular weight is 269 g/mol. The summed E-state index contributed by atoms with van der Waals surface area (Å²) in [6.07, 6.45) is 3.08. The minimum absolute atomic E-state index is 0.149. The molecule has 0 bridgehead atoms. The van der Waals surface area contributed by atoms with Gasteiger partial charge in [-0.25, -0.2) is 4.98 Å². The van der Waals surface area contributed by atoms with Gasteiger partial charge in [0.05, 0.1) is 10.7 Å². The molecule has 100 valence electrons. The van der Waals surface area contributed by atoms with Crippen LogP contribution in [-0.4, -0.2) is 29.3 Å². The average Bonchev–Trinajstić information content (AvgIpc) is 2.77. The van der Waals surface area contributed by atoms with Gasteiger partial charge in [-0.2, -0.15) is 0 Å². The lowest BCUT2D eigenvalue weighted by molar-refractivity contribution is -0.137. The van der Waals surface area contributed by atoms with Gasteiger partial charge in [0.2, 0.25) is 0 Å². The van der Waals surface area contributed by atoms with Crippen molar-refractivity contribution >= 4 is 17.3 Å². The Hall–Kier alpha value is -0.940. The van der Waals surface area contributed by atoms with Gasteiger partial charge in [-0.3, -0.25) is 4.79 Å². The van der Waals surface area contributed by atoms with E-state index in [4.69, 9.17) is 9.84 Å². The summed E-state index contributed by atoms with van der Waals surface area (Å²) >= 11 is 1.65. The summed E-state index contributed by atoms with van der Waals surface area (Å²) in [5.74, 6) is -0.0570. The number of carboxylic acids is 1. The molecule has 1 saturated heterocycles. The van der Waals surface area contributed by atoms with Crippen LogP contribution in [0, 0.1) is 5.92 Å². The topological polar surface area (TPSA) is 59.4 Å². The Morgan fingerprint density at radius 3 is 3.00 bits per heavy atom. The van der Waals surface area contributed by atoms with Gasteiger partial charge in [-0.15, -0.1) is 11.3 Å². The highest BCUT2D eigenvalue weighted by Gasteiger charge is 2.19. The van der Waals surface area contributed by atoms with Gasteiger partial charge in [-0.1, -0.05) is 6.92 Å². The summed E-state index contributed by atoms with van der Waals surface area (Å²) in [6.45, 7) is 3.61. The lowest BCUT2D eigenvalue weighted by Gasteiger charge is -2.20. The Balaban J connectivity index is 1.91. The molecule has 0 radical (unpaired) electrons. The molecule has 4 nitrogen and oxygen atoms in total. The summed E-state index contributed by atoms with van der Waals surface area (Å²) in [5.41, 5.74) is 1.17. The third-order valence-corrected chi connectivity index (χ3v) is 4.14. The van der Waals surface area contributed by atoms with E-state index >= 15 is 0 Å². The van der Waals surface area contributed by atoms with Crippen molar-refractivity contribution in [3.05, 3.63) is 16.1 Å². The molecule has 0 amide bonds. The van der Waals surface area contributed by atoms with Crippen LogP contribution < -0.4 is 0 Å². The van der Waals surface area contributed by atoms with Crippen molar-refractivity contribution in [2.45, 2.75) is 38.5 Å². The first-order valence-electron chi connectivity index (χ1n) is 6.39. The van der Waals surface area contributed by atoms with Gasteiger partial charge >= 0.3 is 5.97 Å². The second-order valence-electron chi connectivity index (χ2n) is 4.96. The summed E-state index contributed by atoms with van der Waals surface area (Å²) < 4.78 is 5.35. The highest BCUT2D eigenvalue weighted by atomic mass is 32.1. The first kappa shape index (κ1) is 13.5. The molecule has 0 aromatic carbocycles. The van der Waals surface area contributed by atoms with E-state index in [0.717, 1.165) is 37.5 Å². The van der Waals surface area contributed by atoms with E-state index in [2.05, 4.69) is 10.4 Å². The predicted molar refractivity (Wildman–Crippen MR) is 70.0 cm³/mol. The molecule has 1 unspecified atom stereocenters. The number of aromatic nitrogens is 1. The Morgan fingerprint density at radius 1 is 1.61 bits per heavy atom. The molecule has 1 atom stereocenters. The molecule has 2 rings (SSSR count). The fourth-order valence-electron chi connectivity index (χ4n) is 2.27. The molecule has 1 N–H and O–H groups in total. The van der Waals surface area contributed by atoms with Crippen molar-refractivity contribution in [3.63, 3.8) is 0 Å². The van der Waals surface area contributed by atoms with E-state index < -0.39 is 5.97 Å². The SMILES string of the molecule is CC(CC(=O)O)Cc1nc(C2CCOCC2)cs1. The van der Waals surface area contributed by atoms with Crippen molar-refractivity contribution in [2.75, 3.05) is 13.2 Å². The first-order chi connectivity index (χ1) is 8.65. The van der Waals surface area contributed by atoms with E-state index in [-0.39, 0.29) is 12.3 Å². The van der Waals surface area contributed by atoms with Crippen LogP contribution in [0.1, 0.15) is 42.8 Å². The number of hydrogen-bond acceptors (Lipinski definition) is 4. The zero-order chi connectivity index (χ0) is 13.0. The van der Waals surface area contributed by atoms with Crippen molar-refractivity contribution in [1.29, 1.82) is 0 Å². The fraction of sp³-hybridized carbons (Fsp3) is 0.692. The summed E-state index contributed by atoms with van der Waals surface area (Å²) in [5, 5.41) is 11.9. The molecule has 0 aliphatic carbocycles. The molecular formula is C13H19NO3S. The van der Waals surface area contributed by atoms with Gasteiger partial charge in [0, 0.05) is 37.4 Å². The maximum Gasteiger partial charge on any atom is 0.303 e. The molecule has 2 heterocycles. The zero-order valence-corrected chi connectivity index (χ0v) is 11.4. The highest BCUT2D eigenvalue weighted by Crippen LogP contribution is 2.28. The number of ether oxygens (including phenoxy) is 1. The Bertz CT molecular complexity index is 399. The number of carboxylic acid groups (broad SMARTS) is 1. The van der Waals surface area contributed by atoms with Crippen LogP contribution in [0.2, 0.25) is 0 Å². The van der Waals surface area contributed by atoms with Gasteiger partial charge in [0.1, 0.15) is 0 Å². The van der Waals surface area contributed by atoms with Gasteiger partial charge in [0.25, 0.3) is 0 Å². The third kappa shape index (κ3) is 3.78.